The van der Waals surface area contributed by atoms with Gasteiger partial charge in [0, 0.05) is 0 Å². The zero-order valence-corrected chi connectivity index (χ0v) is 11.6. The highest BCUT2D eigenvalue weighted by molar-refractivity contribution is 5.75. The van der Waals surface area contributed by atoms with Crippen molar-refractivity contribution < 1.29 is 0 Å². The van der Waals surface area contributed by atoms with Gasteiger partial charge in [-0.25, -0.2) is 4.98 Å². The van der Waals surface area contributed by atoms with Crippen molar-refractivity contribution in [3.05, 3.63) is 66.5 Å². The summed E-state index contributed by atoms with van der Waals surface area (Å²) in [7, 11) is 0. The lowest BCUT2D eigenvalue weighted by Crippen LogP contribution is -2.23. The summed E-state index contributed by atoms with van der Waals surface area (Å²) in [6.07, 6.45) is 2.87. The Bertz CT molecular complexity index is 688. The Hall–Kier alpha value is -2.13. The van der Waals surface area contributed by atoms with E-state index in [4.69, 9.17) is 5.73 Å². The quantitative estimate of drug-likeness (QED) is 0.782. The molecule has 2 N–H and O–H groups in total. The first-order chi connectivity index (χ1) is 9.81. The molecule has 0 saturated heterocycles. The third-order valence-corrected chi connectivity index (χ3v) is 3.86. The summed E-state index contributed by atoms with van der Waals surface area (Å²) >= 11 is 0. The van der Waals surface area contributed by atoms with Crippen LogP contribution < -0.4 is 5.73 Å². The molecule has 0 fully saturated rings. The molecule has 102 valence electrons. The fraction of sp³-hybridized carbons (Fsp3) is 0.235. The molecule has 2 aromatic carbocycles. The second kappa shape index (κ2) is 5.47. The van der Waals surface area contributed by atoms with Crippen LogP contribution in [0.2, 0.25) is 0 Å². The summed E-state index contributed by atoms with van der Waals surface area (Å²) in [6, 6.07) is 18.6. The van der Waals surface area contributed by atoms with Crippen molar-refractivity contribution in [2.24, 2.45) is 5.73 Å². The van der Waals surface area contributed by atoms with Gasteiger partial charge in [-0.1, -0.05) is 49.4 Å². The molecule has 0 aliphatic heterocycles. The molecule has 0 spiro atoms. The number of benzene rings is 2. The van der Waals surface area contributed by atoms with E-state index in [-0.39, 0.29) is 12.1 Å². The maximum atomic E-state index is 6.48. The standard InChI is InChI=1S/C17H19N3/c1-2-15(17(18)13-8-4-3-5-9-13)20-12-19-14-10-6-7-11-16(14)20/h3-12,15,17H,2,18H2,1H3. The number of fused-ring (bicyclic) bond motifs is 1. The first kappa shape index (κ1) is 12.9. The van der Waals surface area contributed by atoms with E-state index < -0.39 is 0 Å². The van der Waals surface area contributed by atoms with Crippen LogP contribution in [-0.2, 0) is 0 Å². The normalized spacial score (nSPS) is 14.3. The van der Waals surface area contributed by atoms with Crippen molar-refractivity contribution in [1.29, 1.82) is 0 Å². The maximum absolute atomic E-state index is 6.48. The SMILES string of the molecule is CCC(C(N)c1ccccc1)n1cnc2ccccc21. The summed E-state index contributed by atoms with van der Waals surface area (Å²) in [5.74, 6) is 0. The Labute approximate surface area is 119 Å². The zero-order chi connectivity index (χ0) is 13.9. The molecule has 0 saturated carbocycles. The van der Waals surface area contributed by atoms with Gasteiger partial charge >= 0.3 is 0 Å². The molecule has 1 aromatic heterocycles. The predicted octanol–water partition coefficient (Wildman–Crippen LogP) is 3.69. The van der Waals surface area contributed by atoms with Gasteiger partial charge in [0.2, 0.25) is 0 Å². The molecule has 0 radical (unpaired) electrons. The molecule has 2 unspecified atom stereocenters. The van der Waals surface area contributed by atoms with Crippen molar-refractivity contribution in [3.8, 4) is 0 Å². The minimum absolute atomic E-state index is 0.0289. The number of nitrogens with two attached hydrogens (primary N) is 1. The van der Waals surface area contributed by atoms with Crippen molar-refractivity contribution in [1.82, 2.24) is 9.55 Å². The van der Waals surface area contributed by atoms with Crippen molar-refractivity contribution in [3.63, 3.8) is 0 Å². The Morgan fingerprint density at radius 2 is 1.75 bits per heavy atom. The number of para-hydroxylation sites is 2. The molecule has 3 nitrogen and oxygen atoms in total. The van der Waals surface area contributed by atoms with E-state index in [9.17, 15) is 0 Å². The largest absolute Gasteiger partial charge is 0.326 e. The van der Waals surface area contributed by atoms with Gasteiger partial charge in [-0.3, -0.25) is 0 Å². The van der Waals surface area contributed by atoms with E-state index in [0.717, 1.165) is 23.0 Å². The lowest BCUT2D eigenvalue weighted by molar-refractivity contribution is 0.415. The van der Waals surface area contributed by atoms with E-state index >= 15 is 0 Å². The van der Waals surface area contributed by atoms with Crippen LogP contribution in [0, 0.1) is 0 Å². The third-order valence-electron chi connectivity index (χ3n) is 3.86. The average molecular weight is 265 g/mol. The van der Waals surface area contributed by atoms with Crippen LogP contribution in [0.1, 0.15) is 31.0 Å². The molecule has 0 aliphatic rings. The lowest BCUT2D eigenvalue weighted by atomic mass is 9.98. The molecule has 3 rings (SSSR count). The van der Waals surface area contributed by atoms with Crippen LogP contribution in [0.25, 0.3) is 11.0 Å². The van der Waals surface area contributed by atoms with E-state index in [1.54, 1.807) is 0 Å². The minimum atomic E-state index is -0.0289. The summed E-state index contributed by atoms with van der Waals surface area (Å²) in [6.45, 7) is 2.17. The Balaban J connectivity index is 2.01. The highest BCUT2D eigenvalue weighted by Crippen LogP contribution is 2.29. The van der Waals surface area contributed by atoms with E-state index in [1.165, 1.54) is 0 Å². The minimum Gasteiger partial charge on any atom is -0.326 e. The van der Waals surface area contributed by atoms with Crippen LogP contribution in [0.15, 0.2) is 60.9 Å². The average Bonchev–Trinajstić information content (AvgIpc) is 2.93. The molecule has 2 atom stereocenters. The molecule has 0 amide bonds. The van der Waals surface area contributed by atoms with E-state index in [2.05, 4.69) is 34.7 Å². The molecular weight excluding hydrogens is 246 g/mol. The van der Waals surface area contributed by atoms with Gasteiger partial charge in [0.1, 0.15) is 0 Å². The molecule has 3 heteroatoms. The second-order valence-corrected chi connectivity index (χ2v) is 5.05. The Morgan fingerprint density at radius 3 is 2.50 bits per heavy atom. The molecule has 0 bridgehead atoms. The van der Waals surface area contributed by atoms with Gasteiger partial charge < -0.3 is 10.3 Å². The van der Waals surface area contributed by atoms with E-state index in [0.29, 0.717) is 0 Å². The smallest absolute Gasteiger partial charge is 0.0961 e. The Morgan fingerprint density at radius 1 is 1.05 bits per heavy atom. The van der Waals surface area contributed by atoms with E-state index in [1.807, 2.05) is 42.7 Å². The van der Waals surface area contributed by atoms with Crippen LogP contribution in [0.3, 0.4) is 0 Å². The summed E-state index contributed by atoms with van der Waals surface area (Å²) < 4.78 is 2.20. The maximum Gasteiger partial charge on any atom is 0.0961 e. The lowest BCUT2D eigenvalue weighted by Gasteiger charge is -2.25. The number of aromatic nitrogens is 2. The second-order valence-electron chi connectivity index (χ2n) is 5.05. The number of imidazole rings is 1. The number of hydrogen-bond acceptors (Lipinski definition) is 2. The fourth-order valence-corrected chi connectivity index (χ4v) is 2.76. The summed E-state index contributed by atoms with van der Waals surface area (Å²) in [5.41, 5.74) is 9.81. The number of nitrogens with zero attached hydrogens (tertiary/aromatic N) is 2. The Kier molecular flexibility index (Phi) is 3.52. The van der Waals surface area contributed by atoms with Gasteiger partial charge in [-0.2, -0.15) is 0 Å². The van der Waals surface area contributed by atoms with Gasteiger partial charge in [-0.15, -0.1) is 0 Å². The first-order valence-electron chi connectivity index (χ1n) is 7.03. The number of rotatable bonds is 4. The van der Waals surface area contributed by atoms with Gasteiger partial charge in [0.25, 0.3) is 0 Å². The van der Waals surface area contributed by atoms with Crippen LogP contribution in [-0.4, -0.2) is 9.55 Å². The topological polar surface area (TPSA) is 43.8 Å². The monoisotopic (exact) mass is 265 g/mol. The van der Waals surface area contributed by atoms with Crippen LogP contribution >= 0.6 is 0 Å². The molecular formula is C17H19N3. The zero-order valence-electron chi connectivity index (χ0n) is 11.6. The van der Waals surface area contributed by atoms with Gasteiger partial charge in [-0.05, 0) is 24.1 Å². The summed E-state index contributed by atoms with van der Waals surface area (Å²) in [4.78, 5) is 4.47. The fourth-order valence-electron chi connectivity index (χ4n) is 2.76. The number of hydrogen-bond donors (Lipinski definition) is 1. The van der Waals surface area contributed by atoms with Crippen molar-refractivity contribution in [2.75, 3.05) is 0 Å². The predicted molar refractivity (Wildman–Crippen MR) is 82.4 cm³/mol. The molecule has 20 heavy (non-hydrogen) atoms. The summed E-state index contributed by atoms with van der Waals surface area (Å²) in [5, 5.41) is 0. The van der Waals surface area contributed by atoms with Gasteiger partial charge in [0.15, 0.2) is 0 Å². The van der Waals surface area contributed by atoms with Crippen molar-refractivity contribution >= 4 is 11.0 Å². The van der Waals surface area contributed by atoms with Gasteiger partial charge in [0.05, 0.1) is 29.4 Å². The van der Waals surface area contributed by atoms with Crippen LogP contribution in [0.5, 0.6) is 0 Å². The van der Waals surface area contributed by atoms with Crippen LogP contribution in [0.4, 0.5) is 0 Å². The first-order valence-corrected chi connectivity index (χ1v) is 7.03. The molecule has 1 heterocycles. The highest BCUT2D eigenvalue weighted by Gasteiger charge is 2.20. The van der Waals surface area contributed by atoms with Crippen molar-refractivity contribution in [2.45, 2.75) is 25.4 Å². The molecule has 0 aliphatic carbocycles. The highest BCUT2D eigenvalue weighted by atomic mass is 15.1. The molecule has 3 aromatic rings. The third kappa shape index (κ3) is 2.21.